The first-order valence-electron chi connectivity index (χ1n) is 13.3. The van der Waals surface area contributed by atoms with E-state index in [1.807, 2.05) is 49.4 Å². The summed E-state index contributed by atoms with van der Waals surface area (Å²) >= 11 is 1.00. The van der Waals surface area contributed by atoms with Gasteiger partial charge in [0.2, 0.25) is 0 Å². The van der Waals surface area contributed by atoms with Gasteiger partial charge in [-0.1, -0.05) is 12.1 Å². The Labute approximate surface area is 228 Å². The summed E-state index contributed by atoms with van der Waals surface area (Å²) in [7, 11) is 0. The molecule has 0 atom stereocenters. The molecule has 0 spiro atoms. The number of benzene rings is 2. The van der Waals surface area contributed by atoms with E-state index in [1.165, 1.54) is 0 Å². The number of alkyl halides is 3. The van der Waals surface area contributed by atoms with Gasteiger partial charge in [0.1, 0.15) is 10.8 Å². The number of aromatic nitrogens is 2. The third kappa shape index (κ3) is 4.97. The predicted octanol–water partition coefficient (Wildman–Crippen LogP) is 8.25. The molecule has 2 amide bonds. The highest BCUT2D eigenvalue weighted by atomic mass is 32.1. The number of carbonyl (C=O) groups is 1. The lowest BCUT2D eigenvalue weighted by Crippen LogP contribution is -2.41. The van der Waals surface area contributed by atoms with E-state index in [0.717, 1.165) is 77.4 Å². The number of halogens is 3. The fourth-order valence-corrected chi connectivity index (χ4v) is 6.09. The van der Waals surface area contributed by atoms with Gasteiger partial charge in [0.05, 0.1) is 17.8 Å². The molecule has 39 heavy (non-hydrogen) atoms. The number of amides is 2. The van der Waals surface area contributed by atoms with Crippen LogP contribution in [0.25, 0.3) is 32.7 Å². The molecule has 2 N–H and O–H groups in total. The number of hydrogen-bond acceptors (Lipinski definition) is 4. The van der Waals surface area contributed by atoms with Crippen molar-refractivity contribution in [3.8, 4) is 27.6 Å². The van der Waals surface area contributed by atoms with Crippen molar-refractivity contribution in [2.24, 2.45) is 0 Å². The third-order valence-electron chi connectivity index (χ3n) is 7.59. The Morgan fingerprint density at radius 2 is 1.85 bits per heavy atom. The second-order valence-electron chi connectivity index (χ2n) is 10.1. The van der Waals surface area contributed by atoms with Gasteiger partial charge < -0.3 is 19.9 Å². The number of hydrogen-bond donors (Lipinski definition) is 2. The minimum Gasteiger partial charge on any atom is -0.494 e. The Balaban J connectivity index is 1.47. The number of fused-ring (bicyclic) bond motifs is 1. The van der Waals surface area contributed by atoms with E-state index in [0.29, 0.717) is 28.6 Å². The van der Waals surface area contributed by atoms with Gasteiger partial charge in [0.25, 0.3) is 0 Å². The van der Waals surface area contributed by atoms with Crippen molar-refractivity contribution < 1.29 is 22.7 Å². The molecule has 2 aliphatic rings. The van der Waals surface area contributed by atoms with Crippen LogP contribution in [0.2, 0.25) is 0 Å². The fourth-order valence-electron chi connectivity index (χ4n) is 5.21. The quantitative estimate of drug-likeness (QED) is 0.242. The van der Waals surface area contributed by atoms with Gasteiger partial charge in [-0.15, -0.1) is 11.3 Å². The molecule has 10 heteroatoms. The number of nitrogens with zero attached hydrogens (tertiary/aromatic N) is 2. The zero-order valence-corrected chi connectivity index (χ0v) is 22.3. The molecule has 2 saturated carbocycles. The van der Waals surface area contributed by atoms with E-state index in [4.69, 9.17) is 4.74 Å². The van der Waals surface area contributed by atoms with E-state index in [2.05, 4.69) is 20.2 Å². The lowest BCUT2D eigenvalue weighted by molar-refractivity contribution is -0.140. The normalized spacial score (nSPS) is 16.1. The van der Waals surface area contributed by atoms with E-state index in [1.54, 1.807) is 0 Å². The molecular weight excluding hydrogens is 525 g/mol. The molecule has 4 aromatic rings. The van der Waals surface area contributed by atoms with Crippen LogP contribution in [0.15, 0.2) is 47.8 Å². The van der Waals surface area contributed by atoms with Crippen LogP contribution < -0.4 is 15.4 Å². The largest absolute Gasteiger partial charge is 0.494 e. The molecule has 2 fully saturated rings. The number of anilines is 1. The summed E-state index contributed by atoms with van der Waals surface area (Å²) in [5.41, 5.74) is 3.04. The van der Waals surface area contributed by atoms with Crippen LogP contribution in [-0.2, 0) is 6.18 Å². The van der Waals surface area contributed by atoms with Crippen molar-refractivity contribution in [2.45, 2.75) is 63.7 Å². The Hall–Kier alpha value is -3.53. The molecule has 2 aromatic carbocycles. The minimum absolute atomic E-state index is 0.223. The lowest BCUT2D eigenvalue weighted by Gasteiger charge is -2.30. The lowest BCUT2D eigenvalue weighted by atomic mass is 9.92. The van der Waals surface area contributed by atoms with Gasteiger partial charge in [-0.05, 0) is 75.3 Å². The molecule has 2 aliphatic carbocycles. The van der Waals surface area contributed by atoms with E-state index < -0.39 is 11.9 Å². The average molecular weight is 555 g/mol. The van der Waals surface area contributed by atoms with Gasteiger partial charge in [-0.25, -0.2) is 9.78 Å². The molecule has 6 rings (SSSR count). The third-order valence-corrected chi connectivity index (χ3v) is 8.45. The van der Waals surface area contributed by atoms with Crippen molar-refractivity contribution >= 4 is 34.0 Å². The highest BCUT2D eigenvalue weighted by Crippen LogP contribution is 2.48. The smallest absolute Gasteiger partial charge is 0.434 e. The summed E-state index contributed by atoms with van der Waals surface area (Å²) in [5, 5.41) is 8.09. The van der Waals surface area contributed by atoms with Gasteiger partial charge in [0, 0.05) is 40.2 Å². The number of nitrogens with one attached hydrogen (secondary N) is 2. The molecule has 2 aromatic heterocycles. The Kier molecular flexibility index (Phi) is 6.74. The van der Waals surface area contributed by atoms with Crippen LogP contribution in [0.3, 0.4) is 0 Å². The number of rotatable bonds is 7. The fraction of sp³-hybridized carbons (Fsp3) is 0.379. The van der Waals surface area contributed by atoms with E-state index in [-0.39, 0.29) is 18.1 Å². The van der Waals surface area contributed by atoms with Crippen LogP contribution in [-0.4, -0.2) is 28.2 Å². The van der Waals surface area contributed by atoms with Crippen LogP contribution in [0, 0.1) is 0 Å². The molecule has 0 saturated heterocycles. The molecule has 6 nitrogen and oxygen atoms in total. The maximum Gasteiger partial charge on any atom is 0.434 e. The maximum absolute atomic E-state index is 13.5. The van der Waals surface area contributed by atoms with E-state index >= 15 is 0 Å². The Morgan fingerprint density at radius 3 is 2.44 bits per heavy atom. The van der Waals surface area contributed by atoms with E-state index in [9.17, 15) is 18.0 Å². The highest BCUT2D eigenvalue weighted by Gasteiger charge is 2.35. The number of urea groups is 1. The summed E-state index contributed by atoms with van der Waals surface area (Å²) in [6, 6.07) is 13.5. The zero-order chi connectivity index (χ0) is 27.1. The van der Waals surface area contributed by atoms with Crippen molar-refractivity contribution in [3.63, 3.8) is 0 Å². The maximum atomic E-state index is 13.5. The first kappa shape index (κ1) is 25.7. The molecule has 204 valence electrons. The molecular formula is C29H29F3N4O2S. The van der Waals surface area contributed by atoms with Crippen molar-refractivity contribution in [2.75, 3.05) is 11.9 Å². The summed E-state index contributed by atoms with van der Waals surface area (Å²) in [4.78, 5) is 16.4. The minimum atomic E-state index is -4.52. The first-order valence-corrected chi connectivity index (χ1v) is 14.2. The van der Waals surface area contributed by atoms with Gasteiger partial charge >= 0.3 is 12.2 Å². The topological polar surface area (TPSA) is 68.2 Å². The van der Waals surface area contributed by atoms with Gasteiger partial charge in [0.15, 0.2) is 5.69 Å². The SMILES string of the molecule is CCOc1ccc2c(-c3nc(C(F)(F)F)cs3)c(-c3ccc(NC(=O)NC4CCC4)cc3)n(C3CCC3)c2c1. The second kappa shape index (κ2) is 10.2. The summed E-state index contributed by atoms with van der Waals surface area (Å²) in [6.07, 6.45) is 1.68. The second-order valence-corrected chi connectivity index (χ2v) is 11.0. The molecule has 0 aliphatic heterocycles. The van der Waals surface area contributed by atoms with Crippen molar-refractivity contribution in [1.82, 2.24) is 14.9 Å². The molecule has 0 radical (unpaired) electrons. The summed E-state index contributed by atoms with van der Waals surface area (Å²) < 4.78 is 48.6. The Bertz CT molecular complexity index is 1500. The number of ether oxygens (including phenoxy) is 1. The summed E-state index contributed by atoms with van der Waals surface area (Å²) in [6.45, 7) is 2.43. The number of carbonyl (C=O) groups excluding carboxylic acids is 1. The molecule has 0 bridgehead atoms. The van der Waals surface area contributed by atoms with Crippen LogP contribution in [0.4, 0.5) is 23.7 Å². The molecule has 0 unspecified atom stereocenters. The monoisotopic (exact) mass is 554 g/mol. The summed E-state index contributed by atoms with van der Waals surface area (Å²) in [5.74, 6) is 0.716. The average Bonchev–Trinajstić information content (AvgIpc) is 3.45. The predicted molar refractivity (Wildman–Crippen MR) is 147 cm³/mol. The van der Waals surface area contributed by atoms with Gasteiger partial charge in [-0.3, -0.25) is 0 Å². The first-order chi connectivity index (χ1) is 18.8. The van der Waals surface area contributed by atoms with Gasteiger partial charge in [-0.2, -0.15) is 13.2 Å². The van der Waals surface area contributed by atoms with Crippen molar-refractivity contribution in [3.05, 3.63) is 53.5 Å². The standard InChI is InChI=1S/C29H29F3N4O2S/c1-2-38-21-13-14-22-23(15-21)36(20-7-4-8-20)26(25(22)27-35-24(16-39-27)29(30,31)32)17-9-11-19(12-10-17)34-28(37)33-18-5-3-6-18/h9-16,18,20H,2-8H2,1H3,(H2,33,34,37). The highest BCUT2D eigenvalue weighted by molar-refractivity contribution is 7.13. The molecule has 2 heterocycles. The van der Waals surface area contributed by atoms with Crippen LogP contribution in [0.1, 0.15) is 57.2 Å². The van der Waals surface area contributed by atoms with Crippen molar-refractivity contribution in [1.29, 1.82) is 0 Å². The number of thiazole rings is 1. The Morgan fingerprint density at radius 1 is 1.10 bits per heavy atom. The van der Waals surface area contributed by atoms with Crippen LogP contribution >= 0.6 is 11.3 Å². The van der Waals surface area contributed by atoms with Crippen LogP contribution in [0.5, 0.6) is 5.75 Å². The zero-order valence-electron chi connectivity index (χ0n) is 21.5.